The predicted octanol–water partition coefficient (Wildman–Crippen LogP) is 2.56. The molecule has 1 aromatic heterocycles. The van der Waals surface area contributed by atoms with Gasteiger partial charge in [-0.15, -0.1) is 11.8 Å². The third-order valence-corrected chi connectivity index (χ3v) is 3.46. The Morgan fingerprint density at radius 2 is 2.00 bits per heavy atom. The minimum atomic E-state index is -0.577. The van der Waals surface area contributed by atoms with Crippen molar-refractivity contribution in [2.45, 2.75) is 30.0 Å². The predicted molar refractivity (Wildman–Crippen MR) is 74.1 cm³/mol. The Labute approximate surface area is 116 Å². The van der Waals surface area contributed by atoms with Gasteiger partial charge in [-0.2, -0.15) is 4.98 Å². The van der Waals surface area contributed by atoms with Crippen molar-refractivity contribution in [1.29, 1.82) is 0 Å². The zero-order valence-electron chi connectivity index (χ0n) is 11.2. The van der Waals surface area contributed by atoms with Gasteiger partial charge >= 0.3 is 0 Å². The quantitative estimate of drug-likeness (QED) is 0.848. The molecule has 2 aromatic rings. The molecule has 0 saturated heterocycles. The van der Waals surface area contributed by atoms with E-state index < -0.39 is 5.54 Å². The zero-order valence-corrected chi connectivity index (χ0v) is 12.0. The summed E-state index contributed by atoms with van der Waals surface area (Å²) in [5.41, 5.74) is 5.33. The Morgan fingerprint density at radius 1 is 1.32 bits per heavy atom. The average molecular weight is 279 g/mol. The van der Waals surface area contributed by atoms with Crippen LogP contribution in [0.2, 0.25) is 0 Å². The summed E-state index contributed by atoms with van der Waals surface area (Å²) < 4.78 is 10.3. The molecule has 0 aliphatic heterocycles. The smallest absolute Gasteiger partial charge is 0.237 e. The van der Waals surface area contributed by atoms with Crippen LogP contribution in [0, 0.1) is 0 Å². The Balaban J connectivity index is 1.96. The lowest BCUT2D eigenvalue weighted by atomic mass is 10.1. The highest BCUT2D eigenvalue weighted by Gasteiger charge is 2.21. The average Bonchev–Trinajstić information content (AvgIpc) is 2.86. The summed E-state index contributed by atoms with van der Waals surface area (Å²) in [6.45, 7) is 3.69. The van der Waals surface area contributed by atoms with Gasteiger partial charge in [0.25, 0.3) is 0 Å². The van der Waals surface area contributed by atoms with Crippen LogP contribution in [-0.4, -0.2) is 17.3 Å². The molecule has 0 amide bonds. The first-order valence-corrected chi connectivity index (χ1v) is 6.86. The first kappa shape index (κ1) is 13.9. The number of thioether (sulfide) groups is 1. The lowest BCUT2D eigenvalue weighted by Gasteiger charge is -2.11. The monoisotopic (exact) mass is 279 g/mol. The van der Waals surface area contributed by atoms with E-state index in [9.17, 15) is 0 Å². The fraction of sp³-hybridized carbons (Fsp3) is 0.385. The zero-order chi connectivity index (χ0) is 13.9. The van der Waals surface area contributed by atoms with Crippen LogP contribution in [0.4, 0.5) is 0 Å². The van der Waals surface area contributed by atoms with Crippen LogP contribution >= 0.6 is 11.8 Å². The maximum atomic E-state index is 5.90. The number of hydrogen-bond donors (Lipinski definition) is 1. The van der Waals surface area contributed by atoms with Gasteiger partial charge in [-0.3, -0.25) is 0 Å². The topological polar surface area (TPSA) is 74.2 Å². The minimum Gasteiger partial charge on any atom is -0.497 e. The van der Waals surface area contributed by atoms with Gasteiger partial charge in [0.2, 0.25) is 5.89 Å². The van der Waals surface area contributed by atoms with Crippen LogP contribution in [-0.2, 0) is 11.3 Å². The maximum Gasteiger partial charge on any atom is 0.237 e. The molecule has 0 bridgehead atoms. The second kappa shape index (κ2) is 5.63. The fourth-order valence-corrected chi connectivity index (χ4v) is 2.13. The first-order chi connectivity index (χ1) is 8.99. The standard InChI is InChI=1S/C13H17N3O2S/c1-13(2,14)12-15-11(18-16-12)8-19-10-6-4-9(17-3)5-7-10/h4-7H,8,14H2,1-3H3. The van der Waals surface area contributed by atoms with Crippen LogP contribution in [0.3, 0.4) is 0 Å². The molecule has 0 fully saturated rings. The van der Waals surface area contributed by atoms with Crippen LogP contribution < -0.4 is 10.5 Å². The number of rotatable bonds is 5. The molecule has 0 radical (unpaired) electrons. The van der Waals surface area contributed by atoms with Gasteiger partial charge in [0.15, 0.2) is 5.82 Å². The summed E-state index contributed by atoms with van der Waals surface area (Å²) in [6.07, 6.45) is 0. The van der Waals surface area contributed by atoms with Crippen LogP contribution in [0.15, 0.2) is 33.7 Å². The van der Waals surface area contributed by atoms with Crippen molar-refractivity contribution in [3.63, 3.8) is 0 Å². The van der Waals surface area contributed by atoms with Crippen molar-refractivity contribution < 1.29 is 9.26 Å². The van der Waals surface area contributed by atoms with E-state index in [-0.39, 0.29) is 0 Å². The number of nitrogens with two attached hydrogens (primary N) is 1. The summed E-state index contributed by atoms with van der Waals surface area (Å²) >= 11 is 1.62. The molecule has 0 atom stereocenters. The Kier molecular flexibility index (Phi) is 4.11. The molecule has 0 spiro atoms. The Bertz CT molecular complexity index is 532. The van der Waals surface area contributed by atoms with E-state index in [1.165, 1.54) is 0 Å². The van der Waals surface area contributed by atoms with Crippen LogP contribution in [0.5, 0.6) is 5.75 Å². The van der Waals surface area contributed by atoms with Crippen molar-refractivity contribution in [2.24, 2.45) is 5.73 Å². The molecule has 0 aliphatic rings. The molecule has 0 aliphatic carbocycles. The van der Waals surface area contributed by atoms with E-state index in [1.807, 2.05) is 38.1 Å². The van der Waals surface area contributed by atoms with E-state index in [1.54, 1.807) is 18.9 Å². The number of aromatic nitrogens is 2. The van der Waals surface area contributed by atoms with Crippen molar-refractivity contribution in [2.75, 3.05) is 7.11 Å². The molecule has 19 heavy (non-hydrogen) atoms. The van der Waals surface area contributed by atoms with Crippen LogP contribution in [0.1, 0.15) is 25.6 Å². The van der Waals surface area contributed by atoms with E-state index in [0.29, 0.717) is 17.5 Å². The van der Waals surface area contributed by atoms with Crippen molar-refractivity contribution in [1.82, 2.24) is 10.1 Å². The third kappa shape index (κ3) is 3.71. The number of nitrogens with zero attached hydrogens (tertiary/aromatic N) is 2. The third-order valence-electron chi connectivity index (χ3n) is 2.47. The van der Waals surface area contributed by atoms with Gasteiger partial charge in [0.05, 0.1) is 18.4 Å². The highest BCUT2D eigenvalue weighted by molar-refractivity contribution is 7.98. The van der Waals surface area contributed by atoms with Crippen molar-refractivity contribution in [3.8, 4) is 5.75 Å². The van der Waals surface area contributed by atoms with Gasteiger partial charge < -0.3 is 15.0 Å². The molecule has 5 nitrogen and oxygen atoms in total. The molecule has 0 saturated carbocycles. The molecule has 102 valence electrons. The lowest BCUT2D eigenvalue weighted by Crippen LogP contribution is -2.30. The SMILES string of the molecule is COc1ccc(SCc2nc(C(C)(C)N)no2)cc1. The van der Waals surface area contributed by atoms with Gasteiger partial charge in [0, 0.05) is 4.90 Å². The normalized spacial score (nSPS) is 11.6. The summed E-state index contributed by atoms with van der Waals surface area (Å²) in [7, 11) is 1.65. The summed E-state index contributed by atoms with van der Waals surface area (Å²) in [4.78, 5) is 5.40. The maximum absolute atomic E-state index is 5.90. The number of ether oxygens (including phenoxy) is 1. The Hall–Kier alpha value is -1.53. The summed E-state index contributed by atoms with van der Waals surface area (Å²) in [5.74, 6) is 2.57. The molecule has 2 N–H and O–H groups in total. The fourth-order valence-electron chi connectivity index (χ4n) is 1.39. The first-order valence-electron chi connectivity index (χ1n) is 5.88. The van der Waals surface area contributed by atoms with Gasteiger partial charge in [0.1, 0.15) is 5.75 Å². The number of methoxy groups -OCH3 is 1. The summed E-state index contributed by atoms with van der Waals surface area (Å²) in [5, 5.41) is 3.88. The largest absolute Gasteiger partial charge is 0.497 e. The van der Waals surface area contributed by atoms with E-state index in [0.717, 1.165) is 10.6 Å². The van der Waals surface area contributed by atoms with Gasteiger partial charge in [-0.05, 0) is 38.1 Å². The molecule has 1 heterocycles. The molecule has 0 unspecified atom stereocenters. The van der Waals surface area contributed by atoms with E-state index >= 15 is 0 Å². The molecule has 1 aromatic carbocycles. The van der Waals surface area contributed by atoms with E-state index in [2.05, 4.69) is 10.1 Å². The Morgan fingerprint density at radius 3 is 2.53 bits per heavy atom. The lowest BCUT2D eigenvalue weighted by molar-refractivity contribution is 0.370. The highest BCUT2D eigenvalue weighted by Crippen LogP contribution is 2.25. The second-order valence-corrected chi connectivity index (χ2v) is 5.75. The highest BCUT2D eigenvalue weighted by atomic mass is 32.2. The molecule has 2 rings (SSSR count). The summed E-state index contributed by atoms with van der Waals surface area (Å²) in [6, 6.07) is 7.83. The number of benzene rings is 1. The molecule has 6 heteroatoms. The molecular formula is C13H17N3O2S. The van der Waals surface area contributed by atoms with Crippen LogP contribution in [0.25, 0.3) is 0 Å². The van der Waals surface area contributed by atoms with Crippen molar-refractivity contribution in [3.05, 3.63) is 36.0 Å². The molecular weight excluding hydrogens is 262 g/mol. The second-order valence-electron chi connectivity index (χ2n) is 4.70. The number of hydrogen-bond acceptors (Lipinski definition) is 6. The minimum absolute atomic E-state index is 0.526. The van der Waals surface area contributed by atoms with Gasteiger partial charge in [-0.1, -0.05) is 5.16 Å². The van der Waals surface area contributed by atoms with E-state index in [4.69, 9.17) is 15.0 Å². The van der Waals surface area contributed by atoms with Crippen molar-refractivity contribution >= 4 is 11.8 Å². The van der Waals surface area contributed by atoms with Gasteiger partial charge in [-0.25, -0.2) is 0 Å².